The predicted octanol–water partition coefficient (Wildman–Crippen LogP) is 4.54. The molecule has 1 aliphatic carbocycles. The van der Waals surface area contributed by atoms with Crippen LogP contribution in [0, 0.1) is 11.8 Å². The highest BCUT2D eigenvalue weighted by atomic mass is 16.2. The van der Waals surface area contributed by atoms with E-state index < -0.39 is 5.41 Å². The van der Waals surface area contributed by atoms with E-state index in [0.717, 1.165) is 18.4 Å². The van der Waals surface area contributed by atoms with Crippen molar-refractivity contribution in [2.24, 2.45) is 17.0 Å². The Morgan fingerprint density at radius 2 is 1.96 bits per heavy atom. The van der Waals surface area contributed by atoms with Gasteiger partial charge >= 0.3 is 0 Å². The van der Waals surface area contributed by atoms with Crippen LogP contribution in [0.3, 0.4) is 0 Å². The zero-order valence-electron chi connectivity index (χ0n) is 15.1. The first-order valence-corrected chi connectivity index (χ1v) is 8.90. The molecule has 3 atom stereocenters. The maximum atomic E-state index is 13.3. The number of hydrogen-bond donors (Lipinski definition) is 0. The van der Waals surface area contributed by atoms with Gasteiger partial charge in [-0.1, -0.05) is 49.3 Å². The summed E-state index contributed by atoms with van der Waals surface area (Å²) >= 11 is 0. The molecule has 0 aliphatic heterocycles. The third kappa shape index (κ3) is 3.41. The van der Waals surface area contributed by atoms with Gasteiger partial charge in [0.1, 0.15) is 0 Å². The molecule has 0 bridgehead atoms. The second-order valence-corrected chi connectivity index (χ2v) is 7.03. The Bertz CT molecular complexity index is 605. The highest BCUT2D eigenvalue weighted by molar-refractivity contribution is 5.92. The molecular weight excluding hydrogens is 300 g/mol. The van der Waals surface area contributed by atoms with Gasteiger partial charge in [0.15, 0.2) is 0 Å². The van der Waals surface area contributed by atoms with Crippen molar-refractivity contribution in [3.8, 4) is 0 Å². The quantitative estimate of drug-likeness (QED) is 0.392. The van der Waals surface area contributed by atoms with Crippen LogP contribution < -0.4 is 0 Å². The summed E-state index contributed by atoms with van der Waals surface area (Å²) in [6, 6.07) is 9.86. The molecule has 5 heteroatoms. The van der Waals surface area contributed by atoms with Gasteiger partial charge in [0.25, 0.3) is 0 Å². The average Bonchev–Trinajstić information content (AvgIpc) is 3.33. The van der Waals surface area contributed by atoms with Gasteiger partial charge in [0.2, 0.25) is 5.91 Å². The van der Waals surface area contributed by atoms with Gasteiger partial charge in [-0.15, -0.1) is 0 Å². The number of carbonyl (C=O) groups is 1. The van der Waals surface area contributed by atoms with Crippen molar-refractivity contribution in [2.75, 3.05) is 13.1 Å². The van der Waals surface area contributed by atoms with Gasteiger partial charge in [0, 0.05) is 24.0 Å². The molecule has 0 heterocycles. The molecule has 24 heavy (non-hydrogen) atoms. The highest BCUT2D eigenvalue weighted by Gasteiger charge is 2.64. The SMILES string of the molecule is CCN(CC)C(=O)[C@@]1(c2ccccc2)C[C@H]1C(CC(C)C)N=[N+]=[N-]. The lowest BCUT2D eigenvalue weighted by Gasteiger charge is -2.28. The van der Waals surface area contributed by atoms with Gasteiger partial charge in [-0.05, 0) is 49.6 Å². The van der Waals surface area contributed by atoms with Gasteiger partial charge in [-0.2, -0.15) is 0 Å². The lowest BCUT2D eigenvalue weighted by atomic mass is 9.87. The molecule has 0 spiro atoms. The summed E-state index contributed by atoms with van der Waals surface area (Å²) in [7, 11) is 0. The minimum absolute atomic E-state index is 0.0892. The largest absolute Gasteiger partial charge is 0.342 e. The van der Waals surface area contributed by atoms with Crippen LogP contribution in [0.5, 0.6) is 0 Å². The van der Waals surface area contributed by atoms with E-state index in [0.29, 0.717) is 19.0 Å². The lowest BCUT2D eigenvalue weighted by Crippen LogP contribution is -2.41. The maximum absolute atomic E-state index is 13.3. The van der Waals surface area contributed by atoms with Gasteiger partial charge in [0.05, 0.1) is 5.41 Å². The molecule has 5 nitrogen and oxygen atoms in total. The van der Waals surface area contributed by atoms with Crippen molar-refractivity contribution in [1.82, 2.24) is 4.90 Å². The predicted molar refractivity (Wildman–Crippen MR) is 96.5 cm³/mol. The number of carbonyl (C=O) groups excluding carboxylic acids is 1. The summed E-state index contributed by atoms with van der Waals surface area (Å²) in [6.45, 7) is 9.67. The fourth-order valence-electron chi connectivity index (χ4n) is 3.82. The summed E-state index contributed by atoms with van der Waals surface area (Å²) in [5.74, 6) is 0.690. The molecular formula is C19H28N4O. The van der Waals surface area contributed by atoms with E-state index in [2.05, 4.69) is 23.9 Å². The molecule has 1 amide bonds. The minimum atomic E-state index is -0.527. The zero-order chi connectivity index (χ0) is 17.7. The molecule has 1 unspecified atom stereocenters. The van der Waals surface area contributed by atoms with Crippen LogP contribution in [-0.4, -0.2) is 29.9 Å². The monoisotopic (exact) mass is 328 g/mol. The van der Waals surface area contributed by atoms with Crippen molar-refractivity contribution >= 4 is 5.91 Å². The third-order valence-corrected chi connectivity index (χ3v) is 5.11. The summed E-state index contributed by atoms with van der Waals surface area (Å²) in [4.78, 5) is 18.2. The van der Waals surface area contributed by atoms with E-state index in [1.54, 1.807) is 0 Å². The Morgan fingerprint density at radius 1 is 1.33 bits per heavy atom. The standard InChI is InChI=1S/C19H28N4O/c1-5-23(6-2)18(24)19(15-10-8-7-9-11-15)13-16(19)17(21-22-20)12-14(3)4/h7-11,14,16-17H,5-6,12-13H2,1-4H3/t16-,17?,19+/m0/s1. The summed E-state index contributed by atoms with van der Waals surface area (Å²) in [5, 5.41) is 4.05. The molecule has 1 aromatic carbocycles. The second kappa shape index (κ2) is 7.71. The normalized spacial score (nSPS) is 23.5. The maximum Gasteiger partial charge on any atom is 0.233 e. The van der Waals surface area contributed by atoms with Crippen molar-refractivity contribution < 1.29 is 4.79 Å². The number of likely N-dealkylation sites (N-methyl/N-ethyl adjacent to an activating group) is 1. The van der Waals surface area contributed by atoms with E-state index >= 15 is 0 Å². The second-order valence-electron chi connectivity index (χ2n) is 7.03. The molecule has 1 aliphatic rings. The van der Waals surface area contributed by atoms with E-state index in [4.69, 9.17) is 5.53 Å². The van der Waals surface area contributed by atoms with Crippen LogP contribution in [0.2, 0.25) is 0 Å². The topological polar surface area (TPSA) is 69.1 Å². The lowest BCUT2D eigenvalue weighted by molar-refractivity contribution is -0.134. The van der Waals surface area contributed by atoms with Crippen molar-refractivity contribution in [3.05, 3.63) is 46.3 Å². The van der Waals surface area contributed by atoms with Crippen LogP contribution in [0.15, 0.2) is 35.4 Å². The molecule has 0 saturated heterocycles. The van der Waals surface area contributed by atoms with Crippen LogP contribution in [0.4, 0.5) is 0 Å². The molecule has 1 fully saturated rings. The molecule has 2 rings (SSSR count). The minimum Gasteiger partial charge on any atom is -0.342 e. The van der Waals surface area contributed by atoms with Crippen molar-refractivity contribution in [1.29, 1.82) is 0 Å². The first-order chi connectivity index (χ1) is 11.5. The Hall–Kier alpha value is -2.00. The fourth-order valence-corrected chi connectivity index (χ4v) is 3.82. The van der Waals surface area contributed by atoms with Crippen molar-refractivity contribution in [2.45, 2.75) is 52.0 Å². The smallest absolute Gasteiger partial charge is 0.233 e. The molecule has 0 N–H and O–H groups in total. The molecule has 1 aromatic rings. The number of nitrogens with zero attached hydrogens (tertiary/aromatic N) is 4. The Morgan fingerprint density at radius 3 is 2.46 bits per heavy atom. The fraction of sp³-hybridized carbons (Fsp3) is 0.632. The summed E-state index contributed by atoms with van der Waals surface area (Å²) in [5.41, 5.74) is 9.49. The van der Waals surface area contributed by atoms with Crippen LogP contribution in [0.25, 0.3) is 10.4 Å². The number of hydrogen-bond acceptors (Lipinski definition) is 2. The Labute approximate surface area is 144 Å². The number of amides is 1. The van der Waals surface area contributed by atoms with Crippen LogP contribution >= 0.6 is 0 Å². The number of benzene rings is 1. The molecule has 1 saturated carbocycles. The molecule has 0 radical (unpaired) electrons. The Kier molecular flexibility index (Phi) is 5.89. The van der Waals surface area contributed by atoms with E-state index in [-0.39, 0.29) is 17.9 Å². The summed E-state index contributed by atoms with van der Waals surface area (Å²) < 4.78 is 0. The van der Waals surface area contributed by atoms with Gasteiger partial charge in [-0.3, -0.25) is 4.79 Å². The van der Waals surface area contributed by atoms with Crippen molar-refractivity contribution in [3.63, 3.8) is 0 Å². The van der Waals surface area contributed by atoms with Gasteiger partial charge < -0.3 is 4.90 Å². The van der Waals surface area contributed by atoms with E-state index in [1.807, 2.05) is 49.1 Å². The van der Waals surface area contributed by atoms with E-state index in [1.165, 1.54) is 0 Å². The third-order valence-electron chi connectivity index (χ3n) is 5.11. The van der Waals surface area contributed by atoms with Gasteiger partial charge in [-0.25, -0.2) is 0 Å². The van der Waals surface area contributed by atoms with E-state index in [9.17, 15) is 4.79 Å². The number of rotatable bonds is 8. The number of azide groups is 1. The molecule has 0 aromatic heterocycles. The molecule has 130 valence electrons. The first-order valence-electron chi connectivity index (χ1n) is 8.90. The van der Waals surface area contributed by atoms with Crippen LogP contribution in [-0.2, 0) is 10.2 Å². The first kappa shape index (κ1) is 18.3. The zero-order valence-corrected chi connectivity index (χ0v) is 15.1. The summed E-state index contributed by atoms with van der Waals surface area (Å²) in [6.07, 6.45) is 1.58. The van der Waals surface area contributed by atoms with Crippen LogP contribution in [0.1, 0.15) is 46.1 Å². The highest BCUT2D eigenvalue weighted by Crippen LogP contribution is 2.58. The average molecular weight is 328 g/mol. The Balaban J connectivity index is 2.40.